The lowest BCUT2D eigenvalue weighted by atomic mass is 10.00. The molecule has 0 amide bonds. The zero-order valence-electron chi connectivity index (χ0n) is 16.7. The highest BCUT2D eigenvalue weighted by atomic mass is 19.1. The van der Waals surface area contributed by atoms with Crippen LogP contribution in [-0.4, -0.2) is 32.2 Å². The van der Waals surface area contributed by atoms with Crippen LogP contribution in [0, 0.1) is 36.8 Å². The molecule has 1 saturated heterocycles. The maximum absolute atomic E-state index is 14.3. The molecule has 0 unspecified atom stereocenters. The van der Waals surface area contributed by atoms with Crippen LogP contribution in [0.3, 0.4) is 0 Å². The molecule has 0 aromatic heterocycles. The summed E-state index contributed by atoms with van der Waals surface area (Å²) in [6.45, 7) is 4.90. The molecule has 0 aliphatic carbocycles. The number of esters is 1. The first-order valence-electron chi connectivity index (χ1n) is 9.44. The van der Waals surface area contributed by atoms with Gasteiger partial charge in [-0.1, -0.05) is 6.07 Å². The predicted octanol–water partition coefficient (Wildman–Crippen LogP) is 4.32. The number of benzene rings is 2. The summed E-state index contributed by atoms with van der Waals surface area (Å²) in [5.74, 6) is -1.85. The van der Waals surface area contributed by atoms with Crippen LogP contribution in [0.1, 0.15) is 39.9 Å². The number of methoxy groups -OCH3 is 1. The minimum absolute atomic E-state index is 0.00556. The molecule has 0 radical (unpaired) electrons. The van der Waals surface area contributed by atoms with Crippen molar-refractivity contribution >= 4 is 17.3 Å². The number of anilines is 2. The summed E-state index contributed by atoms with van der Waals surface area (Å²) in [5, 5.41) is 12.7. The third-order valence-corrected chi connectivity index (χ3v) is 5.30. The molecule has 0 saturated carbocycles. The number of nitriles is 1. The van der Waals surface area contributed by atoms with E-state index in [-0.39, 0.29) is 23.3 Å². The number of hydrogen-bond acceptors (Lipinski definition) is 5. The van der Waals surface area contributed by atoms with E-state index in [9.17, 15) is 18.8 Å². The van der Waals surface area contributed by atoms with Crippen molar-refractivity contribution in [3.05, 3.63) is 58.2 Å². The van der Waals surface area contributed by atoms with Gasteiger partial charge in [0.2, 0.25) is 0 Å². The molecule has 3 rings (SSSR count). The van der Waals surface area contributed by atoms with Crippen molar-refractivity contribution in [2.75, 3.05) is 30.4 Å². The van der Waals surface area contributed by atoms with Gasteiger partial charge in [0.1, 0.15) is 11.9 Å². The van der Waals surface area contributed by atoms with Gasteiger partial charge in [0.05, 0.1) is 23.9 Å². The molecule has 2 aromatic carbocycles. The van der Waals surface area contributed by atoms with Crippen LogP contribution in [0.25, 0.3) is 0 Å². The number of carbonyl (C=O) groups excluding carboxylic acids is 1. The maximum atomic E-state index is 14.3. The van der Waals surface area contributed by atoms with E-state index >= 15 is 0 Å². The van der Waals surface area contributed by atoms with E-state index in [1.807, 2.05) is 26.0 Å². The number of hydrogen-bond donors (Lipinski definition) is 1. The van der Waals surface area contributed by atoms with E-state index in [1.165, 1.54) is 7.11 Å². The predicted molar refractivity (Wildman–Crippen MR) is 107 cm³/mol. The second kappa shape index (κ2) is 8.48. The van der Waals surface area contributed by atoms with Crippen LogP contribution in [-0.2, 0) is 4.74 Å². The molecule has 1 fully saturated rings. The Bertz CT molecular complexity index is 977. The number of aryl methyl sites for hydroxylation is 2. The van der Waals surface area contributed by atoms with Crippen LogP contribution in [0.4, 0.5) is 20.2 Å². The summed E-state index contributed by atoms with van der Waals surface area (Å²) in [4.78, 5) is 13.7. The molecule has 152 valence electrons. The zero-order valence-corrected chi connectivity index (χ0v) is 16.7. The summed E-state index contributed by atoms with van der Waals surface area (Å²) < 4.78 is 32.5. The number of piperidine rings is 1. The average molecular weight is 399 g/mol. The minimum Gasteiger partial charge on any atom is -0.465 e. The molecular formula is C22H23F2N3O2. The van der Waals surface area contributed by atoms with Gasteiger partial charge >= 0.3 is 5.97 Å². The van der Waals surface area contributed by atoms with Gasteiger partial charge in [-0.3, -0.25) is 0 Å². The van der Waals surface area contributed by atoms with Gasteiger partial charge in [0, 0.05) is 30.9 Å². The summed E-state index contributed by atoms with van der Waals surface area (Å²) in [7, 11) is 1.36. The van der Waals surface area contributed by atoms with Gasteiger partial charge < -0.3 is 15.0 Å². The summed E-state index contributed by atoms with van der Waals surface area (Å²) in [5.41, 5.74) is 3.42. The molecule has 1 aliphatic heterocycles. The van der Waals surface area contributed by atoms with Crippen LogP contribution in [0.2, 0.25) is 0 Å². The molecule has 2 aromatic rings. The quantitative estimate of drug-likeness (QED) is 0.776. The highest BCUT2D eigenvalue weighted by Gasteiger charge is 2.25. The lowest BCUT2D eigenvalue weighted by Crippen LogP contribution is -2.40. The second-order valence-electron chi connectivity index (χ2n) is 7.27. The number of nitrogens with zero attached hydrogens (tertiary/aromatic N) is 2. The molecule has 5 nitrogen and oxygen atoms in total. The number of nitrogens with one attached hydrogen (secondary N) is 1. The highest BCUT2D eigenvalue weighted by Crippen LogP contribution is 2.30. The first kappa shape index (κ1) is 20.6. The third-order valence-electron chi connectivity index (χ3n) is 5.30. The van der Waals surface area contributed by atoms with E-state index in [2.05, 4.69) is 5.32 Å². The van der Waals surface area contributed by atoms with E-state index in [4.69, 9.17) is 4.74 Å². The molecule has 0 atom stereocenters. The van der Waals surface area contributed by atoms with Crippen molar-refractivity contribution in [1.82, 2.24) is 0 Å². The largest absolute Gasteiger partial charge is 0.465 e. The van der Waals surface area contributed by atoms with Crippen LogP contribution in [0.15, 0.2) is 24.3 Å². The van der Waals surface area contributed by atoms with E-state index in [0.717, 1.165) is 28.9 Å². The van der Waals surface area contributed by atoms with Gasteiger partial charge in [-0.2, -0.15) is 5.26 Å². The summed E-state index contributed by atoms with van der Waals surface area (Å²) in [6.07, 6.45) is 1.42. The van der Waals surface area contributed by atoms with E-state index in [1.54, 1.807) is 11.0 Å². The molecule has 0 spiro atoms. The lowest BCUT2D eigenvalue weighted by molar-refractivity contribution is 0.0600. The topological polar surface area (TPSA) is 65.4 Å². The normalized spacial score (nSPS) is 14.4. The Hall–Kier alpha value is -3.14. The molecule has 7 heteroatoms. The number of halogens is 2. The smallest absolute Gasteiger partial charge is 0.338 e. The van der Waals surface area contributed by atoms with Crippen LogP contribution in [0.5, 0.6) is 0 Å². The highest BCUT2D eigenvalue weighted by molar-refractivity contribution is 5.92. The van der Waals surface area contributed by atoms with Crippen molar-refractivity contribution in [2.24, 2.45) is 0 Å². The zero-order chi connectivity index (χ0) is 21.1. The van der Waals surface area contributed by atoms with Crippen molar-refractivity contribution in [3.8, 4) is 6.07 Å². The Morgan fingerprint density at radius 1 is 1.17 bits per heavy atom. The van der Waals surface area contributed by atoms with Crippen LogP contribution < -0.4 is 10.2 Å². The Kier molecular flexibility index (Phi) is 6.02. The molecule has 1 N–H and O–H groups in total. The Morgan fingerprint density at radius 2 is 1.86 bits per heavy atom. The molecular weight excluding hydrogens is 376 g/mol. The van der Waals surface area contributed by atoms with Gasteiger partial charge in [0.25, 0.3) is 0 Å². The first-order chi connectivity index (χ1) is 13.8. The van der Waals surface area contributed by atoms with Gasteiger partial charge in [-0.05, 0) is 49.9 Å². The number of ether oxygens (including phenoxy) is 1. The Balaban J connectivity index is 1.73. The molecule has 1 heterocycles. The Morgan fingerprint density at radius 3 is 2.48 bits per heavy atom. The van der Waals surface area contributed by atoms with Crippen LogP contribution >= 0.6 is 0 Å². The molecule has 0 bridgehead atoms. The van der Waals surface area contributed by atoms with Gasteiger partial charge in [0.15, 0.2) is 5.82 Å². The average Bonchev–Trinajstić information content (AvgIpc) is 2.69. The van der Waals surface area contributed by atoms with E-state index in [0.29, 0.717) is 31.5 Å². The van der Waals surface area contributed by atoms with Crippen molar-refractivity contribution in [2.45, 2.75) is 32.7 Å². The van der Waals surface area contributed by atoms with Crippen molar-refractivity contribution < 1.29 is 18.3 Å². The molecule has 1 aliphatic rings. The van der Waals surface area contributed by atoms with Crippen molar-refractivity contribution in [1.29, 1.82) is 5.26 Å². The Labute approximate surface area is 168 Å². The SMILES string of the molecule is COC(=O)c1cc(NC2CCN(c3c(F)cc(F)cc3C#N)CC2)c(C)cc1C. The summed E-state index contributed by atoms with van der Waals surface area (Å²) in [6, 6.07) is 7.63. The fourth-order valence-corrected chi connectivity index (χ4v) is 3.78. The van der Waals surface area contributed by atoms with Gasteiger partial charge in [-0.15, -0.1) is 0 Å². The fourth-order valence-electron chi connectivity index (χ4n) is 3.78. The third kappa shape index (κ3) is 4.32. The standard InChI is InChI=1S/C22H23F2N3O2/c1-13-8-14(2)20(11-18(13)22(28)29-3)26-17-4-6-27(7-5-17)21-15(12-25)9-16(23)10-19(21)24/h8-11,17,26H,4-7H2,1-3H3. The van der Waals surface area contributed by atoms with Gasteiger partial charge in [-0.25, -0.2) is 13.6 Å². The second-order valence-corrected chi connectivity index (χ2v) is 7.27. The number of carbonyl (C=O) groups is 1. The van der Waals surface area contributed by atoms with E-state index < -0.39 is 11.6 Å². The lowest BCUT2D eigenvalue weighted by Gasteiger charge is -2.35. The monoisotopic (exact) mass is 399 g/mol. The number of rotatable bonds is 4. The minimum atomic E-state index is -0.754. The first-order valence-corrected chi connectivity index (χ1v) is 9.44. The van der Waals surface area contributed by atoms with Crippen molar-refractivity contribution in [3.63, 3.8) is 0 Å². The summed E-state index contributed by atoms with van der Waals surface area (Å²) >= 11 is 0. The maximum Gasteiger partial charge on any atom is 0.338 e. The fraction of sp³-hybridized carbons (Fsp3) is 0.364. The molecule has 29 heavy (non-hydrogen) atoms.